The molecule has 0 aliphatic carbocycles. The third-order valence-corrected chi connectivity index (χ3v) is 3.91. The first-order chi connectivity index (χ1) is 11.5. The lowest BCUT2D eigenvalue weighted by Gasteiger charge is -2.22. The lowest BCUT2D eigenvalue weighted by atomic mass is 9.91. The van der Waals surface area contributed by atoms with Crippen LogP contribution in [0.4, 0.5) is 0 Å². The van der Waals surface area contributed by atoms with Crippen molar-refractivity contribution in [3.63, 3.8) is 0 Å². The first-order valence-electron chi connectivity index (χ1n) is 8.09. The summed E-state index contributed by atoms with van der Waals surface area (Å²) in [6.07, 6.45) is 4.39. The van der Waals surface area contributed by atoms with E-state index in [2.05, 4.69) is 19.2 Å². The Kier molecular flexibility index (Phi) is 8.85. The zero-order valence-corrected chi connectivity index (χ0v) is 14.6. The van der Waals surface area contributed by atoms with Gasteiger partial charge in [0.1, 0.15) is 12.5 Å². The van der Waals surface area contributed by atoms with E-state index >= 15 is 0 Å². The highest BCUT2D eigenvalue weighted by Gasteiger charge is 2.18. The zero-order chi connectivity index (χ0) is 17.9. The van der Waals surface area contributed by atoms with Gasteiger partial charge in [-0.2, -0.15) is 5.26 Å². The van der Waals surface area contributed by atoms with E-state index in [-0.39, 0.29) is 24.6 Å². The average Bonchev–Trinajstić information content (AvgIpc) is 2.57. The standard InChI is InChI=1S/C20H27NO3/c1-5-6-7-17(13-21)10-15(2)11-20(24-14-23-4)19-12-18(22)9-8-16(19)3/h5,8-9,12,17,20,22H,1-2,6-7,10-11,14H2,3-4H3/t17-,20+/m1/s1. The van der Waals surface area contributed by atoms with Gasteiger partial charge in [0.25, 0.3) is 0 Å². The highest BCUT2D eigenvalue weighted by Crippen LogP contribution is 2.32. The first-order valence-corrected chi connectivity index (χ1v) is 8.09. The van der Waals surface area contributed by atoms with Crippen LogP contribution in [-0.2, 0) is 9.47 Å². The lowest BCUT2D eigenvalue weighted by molar-refractivity contribution is -0.0733. The van der Waals surface area contributed by atoms with Crippen LogP contribution >= 0.6 is 0 Å². The molecule has 1 aromatic rings. The maximum atomic E-state index is 9.76. The molecular weight excluding hydrogens is 302 g/mol. The highest BCUT2D eigenvalue weighted by molar-refractivity contribution is 5.36. The van der Waals surface area contributed by atoms with Crippen LogP contribution in [-0.4, -0.2) is 19.0 Å². The number of methoxy groups -OCH3 is 1. The van der Waals surface area contributed by atoms with Crippen molar-refractivity contribution in [1.29, 1.82) is 5.26 Å². The molecule has 0 aliphatic heterocycles. The van der Waals surface area contributed by atoms with Crippen molar-refractivity contribution in [2.45, 2.75) is 38.7 Å². The van der Waals surface area contributed by atoms with Crippen molar-refractivity contribution in [2.75, 3.05) is 13.9 Å². The number of hydrogen-bond acceptors (Lipinski definition) is 4. The summed E-state index contributed by atoms with van der Waals surface area (Å²) in [5.41, 5.74) is 2.90. The van der Waals surface area contributed by atoms with Crippen LogP contribution in [0.15, 0.2) is 43.0 Å². The van der Waals surface area contributed by atoms with Crippen molar-refractivity contribution in [3.8, 4) is 11.8 Å². The van der Waals surface area contributed by atoms with Gasteiger partial charge in [-0.15, -0.1) is 6.58 Å². The predicted molar refractivity (Wildman–Crippen MR) is 95.5 cm³/mol. The van der Waals surface area contributed by atoms with E-state index in [0.29, 0.717) is 12.8 Å². The molecule has 0 aliphatic rings. The molecule has 1 rings (SSSR count). The van der Waals surface area contributed by atoms with Gasteiger partial charge in [-0.3, -0.25) is 0 Å². The normalized spacial score (nSPS) is 13.0. The lowest BCUT2D eigenvalue weighted by Crippen LogP contribution is -2.10. The van der Waals surface area contributed by atoms with Crippen LogP contribution in [0, 0.1) is 24.2 Å². The number of nitriles is 1. The van der Waals surface area contributed by atoms with Crippen LogP contribution in [0.25, 0.3) is 0 Å². The zero-order valence-electron chi connectivity index (χ0n) is 14.6. The van der Waals surface area contributed by atoms with E-state index in [9.17, 15) is 10.4 Å². The van der Waals surface area contributed by atoms with Crippen LogP contribution in [0.5, 0.6) is 5.75 Å². The Morgan fingerprint density at radius 2 is 2.17 bits per heavy atom. The highest BCUT2D eigenvalue weighted by atomic mass is 16.7. The number of rotatable bonds is 11. The van der Waals surface area contributed by atoms with Gasteiger partial charge in [0.2, 0.25) is 0 Å². The Bertz CT molecular complexity index is 589. The van der Waals surface area contributed by atoms with E-state index in [1.807, 2.05) is 19.1 Å². The van der Waals surface area contributed by atoms with E-state index < -0.39 is 0 Å². The minimum Gasteiger partial charge on any atom is -0.508 e. The molecule has 0 saturated carbocycles. The number of ether oxygens (including phenoxy) is 2. The molecule has 24 heavy (non-hydrogen) atoms. The van der Waals surface area contributed by atoms with Crippen LogP contribution < -0.4 is 0 Å². The van der Waals surface area contributed by atoms with Crippen LogP contribution in [0.1, 0.15) is 42.9 Å². The minimum absolute atomic E-state index is 0.0659. The number of phenols is 1. The molecule has 130 valence electrons. The molecule has 0 amide bonds. The minimum atomic E-state index is -0.261. The average molecular weight is 329 g/mol. The molecule has 4 heteroatoms. The summed E-state index contributed by atoms with van der Waals surface area (Å²) in [5.74, 6) is 0.136. The molecule has 2 atom stereocenters. The summed E-state index contributed by atoms with van der Waals surface area (Å²) in [7, 11) is 1.57. The molecular formula is C20H27NO3. The SMILES string of the molecule is C=CCC[C@@H](C#N)CC(=C)C[C@H](OCOC)c1cc(O)ccc1C. The molecule has 1 aromatic carbocycles. The van der Waals surface area contributed by atoms with Gasteiger partial charge < -0.3 is 14.6 Å². The van der Waals surface area contributed by atoms with E-state index in [4.69, 9.17) is 9.47 Å². The van der Waals surface area contributed by atoms with Crippen LogP contribution in [0.2, 0.25) is 0 Å². The van der Waals surface area contributed by atoms with Gasteiger partial charge in [0.15, 0.2) is 0 Å². The summed E-state index contributed by atoms with van der Waals surface area (Å²) >= 11 is 0. The smallest absolute Gasteiger partial charge is 0.147 e. The maximum Gasteiger partial charge on any atom is 0.147 e. The Labute approximate surface area is 145 Å². The number of benzene rings is 1. The summed E-state index contributed by atoms with van der Waals surface area (Å²) in [6.45, 7) is 9.95. The van der Waals surface area contributed by atoms with Crippen molar-refractivity contribution in [2.24, 2.45) is 5.92 Å². The second-order valence-electron chi connectivity index (χ2n) is 5.95. The fraction of sp³-hybridized carbons (Fsp3) is 0.450. The van der Waals surface area contributed by atoms with E-state index in [0.717, 1.165) is 29.5 Å². The molecule has 0 spiro atoms. The van der Waals surface area contributed by atoms with Crippen molar-refractivity contribution < 1.29 is 14.6 Å². The van der Waals surface area contributed by atoms with Crippen molar-refractivity contribution in [1.82, 2.24) is 0 Å². The molecule has 0 heterocycles. The number of hydrogen-bond donors (Lipinski definition) is 1. The molecule has 0 radical (unpaired) electrons. The van der Waals surface area contributed by atoms with Gasteiger partial charge in [-0.25, -0.2) is 0 Å². The second kappa shape index (κ2) is 10.6. The number of aryl methyl sites for hydroxylation is 1. The Balaban J connectivity index is 2.82. The first kappa shape index (κ1) is 20.0. The Morgan fingerprint density at radius 3 is 2.79 bits per heavy atom. The van der Waals surface area contributed by atoms with Gasteiger partial charge in [-0.05, 0) is 55.9 Å². The quantitative estimate of drug-likeness (QED) is 0.468. The maximum absolute atomic E-state index is 9.76. The third kappa shape index (κ3) is 6.57. The van der Waals surface area contributed by atoms with Crippen LogP contribution in [0.3, 0.4) is 0 Å². The van der Waals surface area contributed by atoms with Gasteiger partial charge >= 0.3 is 0 Å². The molecule has 0 fully saturated rings. The van der Waals surface area contributed by atoms with Gasteiger partial charge in [0.05, 0.1) is 18.1 Å². The molecule has 0 bridgehead atoms. The molecule has 1 N–H and O–H groups in total. The number of aromatic hydroxyl groups is 1. The summed E-state index contributed by atoms with van der Waals surface area (Å²) in [6, 6.07) is 7.56. The van der Waals surface area contributed by atoms with Gasteiger partial charge in [0, 0.05) is 7.11 Å². The second-order valence-corrected chi connectivity index (χ2v) is 5.95. The largest absolute Gasteiger partial charge is 0.508 e. The summed E-state index contributed by atoms with van der Waals surface area (Å²) in [5, 5.41) is 19.0. The Morgan fingerprint density at radius 1 is 1.42 bits per heavy atom. The molecule has 4 nitrogen and oxygen atoms in total. The van der Waals surface area contributed by atoms with Crippen molar-refractivity contribution in [3.05, 3.63) is 54.1 Å². The summed E-state index contributed by atoms with van der Waals surface area (Å²) in [4.78, 5) is 0. The summed E-state index contributed by atoms with van der Waals surface area (Å²) < 4.78 is 10.8. The molecule has 0 saturated heterocycles. The monoisotopic (exact) mass is 329 g/mol. The molecule has 0 unspecified atom stereocenters. The fourth-order valence-corrected chi connectivity index (χ4v) is 2.61. The fourth-order valence-electron chi connectivity index (χ4n) is 2.61. The predicted octanol–water partition coefficient (Wildman–Crippen LogP) is 4.80. The van der Waals surface area contributed by atoms with Crippen molar-refractivity contribution >= 4 is 0 Å². The topological polar surface area (TPSA) is 62.5 Å². The third-order valence-electron chi connectivity index (χ3n) is 3.91. The Hall–Kier alpha value is -2.09. The number of phenolic OH excluding ortho intramolecular Hbond substituents is 1. The van der Waals surface area contributed by atoms with Gasteiger partial charge in [-0.1, -0.05) is 24.3 Å². The molecule has 0 aromatic heterocycles. The van der Waals surface area contributed by atoms with E-state index in [1.54, 1.807) is 19.2 Å². The number of allylic oxidation sites excluding steroid dienone is 1. The number of nitrogens with zero attached hydrogens (tertiary/aromatic N) is 1. The van der Waals surface area contributed by atoms with E-state index in [1.165, 1.54) is 0 Å².